The van der Waals surface area contributed by atoms with Gasteiger partial charge in [0.05, 0.1) is 0 Å². The van der Waals surface area contributed by atoms with Gasteiger partial charge in [0.15, 0.2) is 5.82 Å². The zero-order chi connectivity index (χ0) is 11.2. The van der Waals surface area contributed by atoms with Gasteiger partial charge in [-0.2, -0.15) is 5.10 Å². The van der Waals surface area contributed by atoms with Crippen LogP contribution in [-0.2, 0) is 5.41 Å². The smallest absolute Gasteiger partial charge is 0.151 e. The van der Waals surface area contributed by atoms with Crippen LogP contribution in [0.5, 0.6) is 0 Å². The van der Waals surface area contributed by atoms with Crippen LogP contribution in [0.25, 0.3) is 5.52 Å². The Labute approximate surface area is 89.1 Å². The van der Waals surface area contributed by atoms with E-state index in [1.54, 1.807) is 0 Å². The van der Waals surface area contributed by atoms with Gasteiger partial charge >= 0.3 is 0 Å². The molecular weight excluding hydrogens is 188 g/mol. The van der Waals surface area contributed by atoms with Crippen molar-refractivity contribution in [3.05, 3.63) is 23.7 Å². The highest BCUT2D eigenvalue weighted by Gasteiger charge is 2.21. The van der Waals surface area contributed by atoms with Gasteiger partial charge in [0.2, 0.25) is 0 Å². The minimum Gasteiger partial charge on any atom is -0.382 e. The summed E-state index contributed by atoms with van der Waals surface area (Å²) in [7, 11) is 0. The van der Waals surface area contributed by atoms with Crippen LogP contribution in [0.4, 0.5) is 5.82 Å². The fourth-order valence-corrected chi connectivity index (χ4v) is 1.80. The first kappa shape index (κ1) is 9.96. The third-order valence-electron chi connectivity index (χ3n) is 2.57. The Morgan fingerprint density at radius 1 is 1.33 bits per heavy atom. The van der Waals surface area contributed by atoms with Crippen molar-refractivity contribution in [2.75, 3.05) is 5.73 Å². The Balaban J connectivity index is 2.88. The minimum atomic E-state index is 0.0539. The molecule has 2 N–H and O–H groups in total. The molecular formula is C11H16N4. The van der Waals surface area contributed by atoms with Crippen LogP contribution in [-0.4, -0.2) is 14.6 Å². The molecule has 2 heterocycles. The SMILES string of the molecule is Cc1cc(C(C)(C)C)c2c(N)ncnn12. The van der Waals surface area contributed by atoms with E-state index in [0.29, 0.717) is 5.82 Å². The molecule has 4 nitrogen and oxygen atoms in total. The standard InChI is InChI=1S/C11H16N4/c1-7-5-8(11(2,3)4)9-10(12)13-6-14-15(7)9/h5-6H,1-4H3,(H2,12,13,14). The van der Waals surface area contributed by atoms with Crippen LogP contribution < -0.4 is 5.73 Å². The average Bonchev–Trinajstić information content (AvgIpc) is 2.45. The second-order valence-corrected chi connectivity index (χ2v) is 4.86. The van der Waals surface area contributed by atoms with Crippen LogP contribution in [0.15, 0.2) is 12.4 Å². The Bertz CT molecular complexity index is 505. The van der Waals surface area contributed by atoms with E-state index in [4.69, 9.17) is 5.73 Å². The van der Waals surface area contributed by atoms with Gasteiger partial charge < -0.3 is 5.73 Å². The summed E-state index contributed by atoms with van der Waals surface area (Å²) in [5.74, 6) is 0.544. The monoisotopic (exact) mass is 204 g/mol. The molecule has 15 heavy (non-hydrogen) atoms. The highest BCUT2D eigenvalue weighted by molar-refractivity contribution is 5.72. The number of nitrogens with two attached hydrogens (primary N) is 1. The van der Waals surface area contributed by atoms with E-state index < -0.39 is 0 Å². The van der Waals surface area contributed by atoms with Gasteiger partial charge in [-0.15, -0.1) is 0 Å². The lowest BCUT2D eigenvalue weighted by atomic mass is 9.87. The highest BCUT2D eigenvalue weighted by atomic mass is 15.3. The minimum absolute atomic E-state index is 0.0539. The van der Waals surface area contributed by atoms with Crippen molar-refractivity contribution in [3.63, 3.8) is 0 Å². The summed E-state index contributed by atoms with van der Waals surface area (Å²) in [4.78, 5) is 4.04. The molecule has 0 spiro atoms. The van der Waals surface area contributed by atoms with Gasteiger partial charge in [-0.05, 0) is 24.0 Å². The van der Waals surface area contributed by atoms with Crippen molar-refractivity contribution in [2.24, 2.45) is 0 Å². The van der Waals surface area contributed by atoms with E-state index in [-0.39, 0.29) is 5.41 Å². The fraction of sp³-hybridized carbons (Fsp3) is 0.455. The molecule has 80 valence electrons. The zero-order valence-corrected chi connectivity index (χ0v) is 9.57. The van der Waals surface area contributed by atoms with Crippen LogP contribution in [0, 0.1) is 6.92 Å². The summed E-state index contributed by atoms with van der Waals surface area (Å²) in [6.45, 7) is 8.51. The molecule has 0 amide bonds. The molecule has 0 atom stereocenters. The first-order valence-corrected chi connectivity index (χ1v) is 5.00. The van der Waals surface area contributed by atoms with Crippen LogP contribution in [0.1, 0.15) is 32.0 Å². The molecule has 2 aromatic heterocycles. The van der Waals surface area contributed by atoms with Gasteiger partial charge in [-0.1, -0.05) is 20.8 Å². The zero-order valence-electron chi connectivity index (χ0n) is 9.57. The lowest BCUT2D eigenvalue weighted by Gasteiger charge is -2.17. The van der Waals surface area contributed by atoms with Gasteiger partial charge in [-0.3, -0.25) is 0 Å². The molecule has 2 aromatic rings. The topological polar surface area (TPSA) is 56.2 Å². The summed E-state index contributed by atoms with van der Waals surface area (Å²) in [6.07, 6.45) is 1.49. The number of nitrogens with zero attached hydrogens (tertiary/aromatic N) is 3. The number of hydrogen-bond donors (Lipinski definition) is 1. The molecule has 2 rings (SSSR count). The first-order chi connectivity index (χ1) is 6.91. The lowest BCUT2D eigenvalue weighted by molar-refractivity contribution is 0.595. The Kier molecular flexibility index (Phi) is 1.96. The average molecular weight is 204 g/mol. The third kappa shape index (κ3) is 1.46. The first-order valence-electron chi connectivity index (χ1n) is 5.00. The van der Waals surface area contributed by atoms with Gasteiger partial charge in [-0.25, -0.2) is 9.50 Å². The molecule has 0 fully saturated rings. The largest absolute Gasteiger partial charge is 0.382 e. The number of aromatic nitrogens is 3. The van der Waals surface area contributed by atoms with Crippen LogP contribution >= 0.6 is 0 Å². The summed E-state index contributed by atoms with van der Waals surface area (Å²) in [5, 5.41) is 4.20. The van der Waals surface area contributed by atoms with Crippen molar-refractivity contribution in [1.82, 2.24) is 14.6 Å². The summed E-state index contributed by atoms with van der Waals surface area (Å²) < 4.78 is 1.85. The molecule has 0 aromatic carbocycles. The summed E-state index contributed by atoms with van der Waals surface area (Å²) in [6, 6.07) is 2.13. The lowest BCUT2D eigenvalue weighted by Crippen LogP contribution is -2.12. The Hall–Kier alpha value is -1.58. The van der Waals surface area contributed by atoms with E-state index >= 15 is 0 Å². The predicted molar refractivity (Wildman–Crippen MR) is 60.8 cm³/mol. The van der Waals surface area contributed by atoms with E-state index in [2.05, 4.69) is 36.9 Å². The maximum atomic E-state index is 5.90. The molecule has 0 unspecified atom stereocenters. The molecule has 0 aliphatic rings. The fourth-order valence-electron chi connectivity index (χ4n) is 1.80. The second-order valence-electron chi connectivity index (χ2n) is 4.86. The van der Waals surface area contributed by atoms with E-state index in [0.717, 1.165) is 11.2 Å². The molecule has 0 aliphatic carbocycles. The van der Waals surface area contributed by atoms with Gasteiger partial charge in [0, 0.05) is 5.69 Å². The number of fused-ring (bicyclic) bond motifs is 1. The van der Waals surface area contributed by atoms with E-state index in [1.807, 2.05) is 11.4 Å². The van der Waals surface area contributed by atoms with E-state index in [9.17, 15) is 0 Å². The molecule has 0 radical (unpaired) electrons. The third-order valence-corrected chi connectivity index (χ3v) is 2.57. The quantitative estimate of drug-likeness (QED) is 0.713. The van der Waals surface area contributed by atoms with Crippen molar-refractivity contribution >= 4 is 11.3 Å². The molecule has 0 saturated carbocycles. The van der Waals surface area contributed by atoms with Gasteiger partial charge in [0.1, 0.15) is 11.8 Å². The number of nitrogen functional groups attached to an aromatic ring is 1. The Morgan fingerprint density at radius 2 is 2.00 bits per heavy atom. The van der Waals surface area contributed by atoms with Crippen molar-refractivity contribution < 1.29 is 0 Å². The number of anilines is 1. The van der Waals surface area contributed by atoms with Crippen molar-refractivity contribution in [3.8, 4) is 0 Å². The highest BCUT2D eigenvalue weighted by Crippen LogP contribution is 2.30. The summed E-state index contributed by atoms with van der Waals surface area (Å²) in [5.41, 5.74) is 9.16. The number of aryl methyl sites for hydroxylation is 1. The normalized spacial score (nSPS) is 12.3. The molecule has 4 heteroatoms. The van der Waals surface area contributed by atoms with Crippen LogP contribution in [0.2, 0.25) is 0 Å². The van der Waals surface area contributed by atoms with Crippen molar-refractivity contribution in [1.29, 1.82) is 0 Å². The van der Waals surface area contributed by atoms with E-state index in [1.165, 1.54) is 11.9 Å². The number of hydrogen-bond acceptors (Lipinski definition) is 3. The molecule has 0 bridgehead atoms. The van der Waals surface area contributed by atoms with Crippen molar-refractivity contribution in [2.45, 2.75) is 33.1 Å². The van der Waals surface area contributed by atoms with Gasteiger partial charge in [0.25, 0.3) is 0 Å². The number of rotatable bonds is 0. The maximum absolute atomic E-state index is 5.90. The predicted octanol–water partition coefficient (Wildman–Crippen LogP) is 1.92. The summed E-state index contributed by atoms with van der Waals surface area (Å²) >= 11 is 0. The molecule has 0 aliphatic heterocycles. The van der Waals surface area contributed by atoms with Crippen LogP contribution in [0.3, 0.4) is 0 Å². The maximum Gasteiger partial charge on any atom is 0.151 e. The Morgan fingerprint density at radius 3 is 2.60 bits per heavy atom. The molecule has 0 saturated heterocycles. The second kappa shape index (κ2) is 2.95.